The molecule has 1 amide bonds. The van der Waals surface area contributed by atoms with Crippen LogP contribution < -0.4 is 15.4 Å². The highest BCUT2D eigenvalue weighted by Gasteiger charge is 2.17. The van der Waals surface area contributed by atoms with Crippen LogP contribution in [0.15, 0.2) is 36.4 Å². The summed E-state index contributed by atoms with van der Waals surface area (Å²) in [6, 6.07) is 10.1. The molecule has 0 spiro atoms. The number of carbonyl (C=O) groups is 2. The first-order valence-electron chi connectivity index (χ1n) is 7.89. The van der Waals surface area contributed by atoms with Gasteiger partial charge in [-0.25, -0.2) is 4.79 Å². The number of carboxylic acids is 1. The largest absolute Gasteiger partial charge is 0.494 e. The number of thiocarbonyl (C=S) groups is 1. The van der Waals surface area contributed by atoms with Gasteiger partial charge in [0.25, 0.3) is 5.91 Å². The Labute approximate surface area is 189 Å². The van der Waals surface area contributed by atoms with Gasteiger partial charge in [-0.1, -0.05) is 6.92 Å². The molecule has 0 unspecified atom stereocenters. The SMILES string of the molecule is CCCOc1ccc(C(=O)NC(=S)Nc2c(I)cc(I)cc2C(=O)O)cc1. The summed E-state index contributed by atoms with van der Waals surface area (Å²) in [7, 11) is 0. The van der Waals surface area contributed by atoms with Crippen molar-refractivity contribution < 1.29 is 19.4 Å². The summed E-state index contributed by atoms with van der Waals surface area (Å²) in [5.74, 6) is -0.786. The fourth-order valence-electron chi connectivity index (χ4n) is 2.11. The van der Waals surface area contributed by atoms with Crippen LogP contribution in [0.1, 0.15) is 34.1 Å². The Morgan fingerprint density at radius 1 is 1.19 bits per heavy atom. The van der Waals surface area contributed by atoms with E-state index in [1.165, 1.54) is 6.07 Å². The van der Waals surface area contributed by atoms with E-state index in [1.807, 2.05) is 58.2 Å². The van der Waals surface area contributed by atoms with Crippen LogP contribution in [0.3, 0.4) is 0 Å². The maximum atomic E-state index is 12.3. The number of hydrogen-bond donors (Lipinski definition) is 3. The van der Waals surface area contributed by atoms with E-state index in [1.54, 1.807) is 24.3 Å². The highest BCUT2D eigenvalue weighted by molar-refractivity contribution is 14.1. The van der Waals surface area contributed by atoms with Gasteiger partial charge in [0, 0.05) is 12.7 Å². The highest BCUT2D eigenvalue weighted by Crippen LogP contribution is 2.26. The quantitative estimate of drug-likeness (QED) is 0.330. The van der Waals surface area contributed by atoms with Gasteiger partial charge in [-0.05, 0) is 100 Å². The number of carbonyl (C=O) groups excluding carboxylic acids is 1. The van der Waals surface area contributed by atoms with Crippen molar-refractivity contribution in [3.63, 3.8) is 0 Å². The average Bonchev–Trinajstić information content (AvgIpc) is 2.62. The van der Waals surface area contributed by atoms with Crippen LogP contribution in [0, 0.1) is 7.14 Å². The molecule has 0 bridgehead atoms. The van der Waals surface area contributed by atoms with Gasteiger partial charge in [-0.2, -0.15) is 0 Å². The van der Waals surface area contributed by atoms with Crippen molar-refractivity contribution in [2.75, 3.05) is 11.9 Å². The molecule has 2 aromatic carbocycles. The normalized spacial score (nSPS) is 10.2. The zero-order chi connectivity index (χ0) is 20.0. The Morgan fingerprint density at radius 2 is 1.85 bits per heavy atom. The molecule has 0 atom stereocenters. The molecule has 3 N–H and O–H groups in total. The number of hydrogen-bond acceptors (Lipinski definition) is 4. The van der Waals surface area contributed by atoms with E-state index in [0.717, 1.165) is 9.99 Å². The number of amides is 1. The molecule has 0 saturated carbocycles. The van der Waals surface area contributed by atoms with E-state index in [9.17, 15) is 14.7 Å². The van der Waals surface area contributed by atoms with Gasteiger partial charge in [0.1, 0.15) is 5.75 Å². The van der Waals surface area contributed by atoms with Gasteiger partial charge in [0.2, 0.25) is 0 Å². The number of aromatic carboxylic acids is 1. The summed E-state index contributed by atoms with van der Waals surface area (Å²) < 4.78 is 6.96. The molecule has 2 rings (SSSR count). The summed E-state index contributed by atoms with van der Waals surface area (Å²) in [5.41, 5.74) is 0.844. The molecule has 0 fully saturated rings. The smallest absolute Gasteiger partial charge is 0.337 e. The predicted octanol–water partition coefficient (Wildman–Crippen LogP) is 4.51. The molecular formula is C18H16I2N2O4S. The lowest BCUT2D eigenvalue weighted by Gasteiger charge is -2.14. The van der Waals surface area contributed by atoms with Crippen LogP contribution in [0.5, 0.6) is 5.75 Å². The molecule has 9 heteroatoms. The third-order valence-electron chi connectivity index (χ3n) is 3.34. The number of anilines is 1. The Hall–Kier alpha value is -1.47. The van der Waals surface area contributed by atoms with Crippen LogP contribution in [-0.2, 0) is 0 Å². The summed E-state index contributed by atoms with van der Waals surface area (Å²) in [6.45, 7) is 2.63. The third kappa shape index (κ3) is 6.28. The Kier molecular flexibility index (Phi) is 8.23. The van der Waals surface area contributed by atoms with Gasteiger partial charge >= 0.3 is 5.97 Å². The lowest BCUT2D eigenvalue weighted by atomic mass is 10.2. The molecule has 142 valence electrons. The zero-order valence-corrected chi connectivity index (χ0v) is 19.3. The van der Waals surface area contributed by atoms with Crippen molar-refractivity contribution in [2.45, 2.75) is 13.3 Å². The second-order valence-electron chi connectivity index (χ2n) is 5.40. The average molecular weight is 610 g/mol. The number of rotatable bonds is 6. The lowest BCUT2D eigenvalue weighted by molar-refractivity contribution is 0.0697. The topological polar surface area (TPSA) is 87.7 Å². The molecule has 27 heavy (non-hydrogen) atoms. The predicted molar refractivity (Wildman–Crippen MR) is 125 cm³/mol. The molecule has 0 aliphatic heterocycles. The van der Waals surface area contributed by atoms with Gasteiger partial charge in [-0.15, -0.1) is 0 Å². The number of halogens is 2. The van der Waals surface area contributed by atoms with Gasteiger partial charge in [0.05, 0.1) is 17.9 Å². The van der Waals surface area contributed by atoms with E-state index in [2.05, 4.69) is 10.6 Å². The number of ether oxygens (including phenoxy) is 1. The van der Waals surface area contributed by atoms with E-state index in [4.69, 9.17) is 17.0 Å². The second kappa shape index (κ2) is 10.2. The van der Waals surface area contributed by atoms with Gasteiger partial charge in [-0.3, -0.25) is 10.1 Å². The van der Waals surface area contributed by atoms with Crippen molar-refractivity contribution in [3.8, 4) is 5.75 Å². The van der Waals surface area contributed by atoms with E-state index in [0.29, 0.717) is 27.2 Å². The van der Waals surface area contributed by atoms with E-state index < -0.39 is 11.9 Å². The molecule has 0 heterocycles. The molecular weight excluding hydrogens is 594 g/mol. The second-order valence-corrected chi connectivity index (χ2v) is 8.21. The van der Waals surface area contributed by atoms with Crippen LogP contribution in [0.4, 0.5) is 5.69 Å². The van der Waals surface area contributed by atoms with E-state index >= 15 is 0 Å². The zero-order valence-electron chi connectivity index (χ0n) is 14.2. The first-order chi connectivity index (χ1) is 12.8. The Balaban J connectivity index is 2.07. The van der Waals surface area contributed by atoms with Crippen molar-refractivity contribution in [3.05, 3.63) is 54.7 Å². The first-order valence-corrected chi connectivity index (χ1v) is 10.5. The molecule has 0 aromatic heterocycles. The summed E-state index contributed by atoms with van der Waals surface area (Å²) in [5, 5.41) is 14.8. The third-order valence-corrected chi connectivity index (χ3v) is 5.02. The minimum Gasteiger partial charge on any atom is -0.494 e. The monoisotopic (exact) mass is 610 g/mol. The minimum absolute atomic E-state index is 0.0212. The van der Waals surface area contributed by atoms with Crippen molar-refractivity contribution in [1.29, 1.82) is 0 Å². The maximum Gasteiger partial charge on any atom is 0.337 e. The van der Waals surface area contributed by atoms with E-state index in [-0.39, 0.29) is 10.7 Å². The van der Waals surface area contributed by atoms with Crippen LogP contribution in [0.25, 0.3) is 0 Å². The Morgan fingerprint density at radius 3 is 2.44 bits per heavy atom. The standard InChI is InChI=1S/C18H16I2N2O4S/c1-2-7-26-12-5-3-10(4-6-12)16(23)22-18(27)21-15-13(17(24)25)8-11(19)9-14(15)20/h3-6,8-9H,2,7H2,1H3,(H,24,25)(H2,21,22,23,27). The molecule has 0 aliphatic rings. The van der Waals surface area contributed by atoms with Crippen molar-refractivity contribution in [1.82, 2.24) is 5.32 Å². The van der Waals surface area contributed by atoms with Crippen LogP contribution in [0.2, 0.25) is 0 Å². The number of carboxylic acid groups (broad SMARTS) is 1. The molecule has 0 saturated heterocycles. The van der Waals surface area contributed by atoms with Gasteiger partial charge in [0.15, 0.2) is 5.11 Å². The summed E-state index contributed by atoms with van der Waals surface area (Å²) in [4.78, 5) is 23.8. The fraction of sp³-hybridized carbons (Fsp3) is 0.167. The molecule has 0 radical (unpaired) electrons. The van der Waals surface area contributed by atoms with Crippen LogP contribution >= 0.6 is 57.4 Å². The number of nitrogens with one attached hydrogen (secondary N) is 2. The fourth-order valence-corrected chi connectivity index (χ4v) is 4.29. The van der Waals surface area contributed by atoms with Crippen molar-refractivity contribution >= 4 is 80.1 Å². The Bertz CT molecular complexity index is 872. The van der Waals surface area contributed by atoms with Gasteiger partial charge < -0.3 is 15.2 Å². The molecule has 6 nitrogen and oxygen atoms in total. The summed E-state index contributed by atoms with van der Waals surface area (Å²) in [6.07, 6.45) is 0.901. The van der Waals surface area contributed by atoms with Crippen molar-refractivity contribution in [2.24, 2.45) is 0 Å². The van der Waals surface area contributed by atoms with Crippen LogP contribution in [-0.4, -0.2) is 28.7 Å². The minimum atomic E-state index is -1.08. The molecule has 2 aromatic rings. The number of benzene rings is 2. The first kappa shape index (κ1) is 21.8. The maximum absolute atomic E-state index is 12.3. The molecule has 0 aliphatic carbocycles. The lowest BCUT2D eigenvalue weighted by Crippen LogP contribution is -2.34. The summed E-state index contributed by atoms with van der Waals surface area (Å²) >= 11 is 9.23. The highest BCUT2D eigenvalue weighted by atomic mass is 127.